The summed E-state index contributed by atoms with van der Waals surface area (Å²) in [7, 11) is -3.63. The van der Waals surface area contributed by atoms with E-state index in [2.05, 4.69) is 6.58 Å². The lowest BCUT2D eigenvalue weighted by Crippen LogP contribution is -2.37. The molecule has 0 saturated heterocycles. The second-order valence-electron chi connectivity index (χ2n) is 4.14. The lowest BCUT2D eigenvalue weighted by Gasteiger charge is -2.25. The van der Waals surface area contributed by atoms with Crippen LogP contribution in [0, 0.1) is 0 Å². The Balaban J connectivity index is 3.30. The van der Waals surface area contributed by atoms with Crippen molar-refractivity contribution in [2.75, 3.05) is 12.3 Å². The van der Waals surface area contributed by atoms with Gasteiger partial charge in [0.2, 0.25) is 10.0 Å². The summed E-state index contributed by atoms with van der Waals surface area (Å²) in [4.78, 5) is 0.0717. The number of halogens is 1. The van der Waals surface area contributed by atoms with E-state index in [1.165, 1.54) is 22.5 Å². The molecule has 0 saturated carbocycles. The summed E-state index contributed by atoms with van der Waals surface area (Å²) in [6.07, 6.45) is 1.55. The first-order valence-electron chi connectivity index (χ1n) is 5.48. The largest absolute Gasteiger partial charge is 0.398 e. The molecule has 0 heterocycles. The Hall–Kier alpha value is -1.04. The van der Waals surface area contributed by atoms with Crippen LogP contribution in [-0.4, -0.2) is 25.3 Å². The molecule has 2 N–H and O–H groups in total. The average Bonchev–Trinajstić information content (AvgIpc) is 2.24. The molecule has 100 valence electrons. The minimum absolute atomic E-state index is 0.0717. The van der Waals surface area contributed by atoms with Crippen LogP contribution in [0.4, 0.5) is 5.69 Å². The number of anilines is 1. The molecule has 0 radical (unpaired) electrons. The van der Waals surface area contributed by atoms with E-state index in [9.17, 15) is 8.42 Å². The second-order valence-corrected chi connectivity index (χ2v) is 6.43. The van der Waals surface area contributed by atoms with Gasteiger partial charge < -0.3 is 5.73 Å². The van der Waals surface area contributed by atoms with Crippen LogP contribution in [0.15, 0.2) is 35.7 Å². The van der Waals surface area contributed by atoms with Crippen LogP contribution in [0.2, 0.25) is 5.02 Å². The zero-order valence-corrected chi connectivity index (χ0v) is 12.0. The minimum Gasteiger partial charge on any atom is -0.398 e. The van der Waals surface area contributed by atoms with Crippen molar-refractivity contribution in [1.82, 2.24) is 4.31 Å². The van der Waals surface area contributed by atoms with Crippen molar-refractivity contribution >= 4 is 27.3 Å². The number of nitrogens with zero attached hydrogens (tertiary/aromatic N) is 1. The highest BCUT2D eigenvalue weighted by atomic mass is 35.5. The summed E-state index contributed by atoms with van der Waals surface area (Å²) >= 11 is 5.77. The molecular formula is C12H17ClN2O2S. The summed E-state index contributed by atoms with van der Waals surface area (Å²) < 4.78 is 26.2. The lowest BCUT2D eigenvalue weighted by molar-refractivity contribution is 0.383. The van der Waals surface area contributed by atoms with Crippen molar-refractivity contribution in [3.63, 3.8) is 0 Å². The van der Waals surface area contributed by atoms with Gasteiger partial charge in [-0.1, -0.05) is 17.7 Å². The van der Waals surface area contributed by atoms with E-state index in [0.29, 0.717) is 5.02 Å². The van der Waals surface area contributed by atoms with E-state index in [-0.39, 0.29) is 23.2 Å². The molecule has 0 amide bonds. The molecule has 0 aliphatic carbocycles. The number of benzene rings is 1. The van der Waals surface area contributed by atoms with E-state index < -0.39 is 10.0 Å². The van der Waals surface area contributed by atoms with Crippen LogP contribution in [0.1, 0.15) is 13.8 Å². The third-order valence-corrected chi connectivity index (χ3v) is 4.79. The van der Waals surface area contributed by atoms with Gasteiger partial charge in [0.05, 0.1) is 5.69 Å². The molecule has 0 atom stereocenters. The maximum atomic E-state index is 12.5. The Morgan fingerprint density at radius 3 is 2.56 bits per heavy atom. The molecule has 0 aromatic heterocycles. The van der Waals surface area contributed by atoms with Crippen LogP contribution < -0.4 is 5.73 Å². The maximum Gasteiger partial charge on any atom is 0.245 e. The summed E-state index contributed by atoms with van der Waals surface area (Å²) in [6, 6.07) is 4.19. The smallest absolute Gasteiger partial charge is 0.245 e. The van der Waals surface area contributed by atoms with Gasteiger partial charge in [-0.05, 0) is 32.0 Å². The van der Waals surface area contributed by atoms with Gasteiger partial charge in [0.15, 0.2) is 0 Å². The first-order valence-corrected chi connectivity index (χ1v) is 7.30. The molecule has 1 aromatic carbocycles. The SMILES string of the molecule is C=CCN(C(C)C)S(=O)(=O)c1ccc(Cl)cc1N. The monoisotopic (exact) mass is 288 g/mol. The van der Waals surface area contributed by atoms with Crippen molar-refractivity contribution in [3.8, 4) is 0 Å². The fourth-order valence-corrected chi connectivity index (χ4v) is 3.48. The highest BCUT2D eigenvalue weighted by Crippen LogP contribution is 2.26. The highest BCUT2D eigenvalue weighted by Gasteiger charge is 2.27. The summed E-state index contributed by atoms with van der Waals surface area (Å²) in [5.41, 5.74) is 5.88. The van der Waals surface area contributed by atoms with E-state index in [0.717, 1.165) is 0 Å². The number of sulfonamides is 1. The Morgan fingerprint density at radius 1 is 1.50 bits per heavy atom. The van der Waals surface area contributed by atoms with Gasteiger partial charge in [-0.15, -0.1) is 6.58 Å². The number of rotatable bonds is 5. The van der Waals surface area contributed by atoms with Gasteiger partial charge in [0.25, 0.3) is 0 Å². The Labute approximate surface area is 113 Å². The first kappa shape index (κ1) is 15.0. The van der Waals surface area contributed by atoms with E-state index in [1.54, 1.807) is 19.9 Å². The molecular weight excluding hydrogens is 272 g/mol. The number of hydrogen-bond donors (Lipinski definition) is 1. The molecule has 0 bridgehead atoms. The van der Waals surface area contributed by atoms with Crippen LogP contribution in [0.5, 0.6) is 0 Å². The Bertz CT molecular complexity index is 541. The van der Waals surface area contributed by atoms with Crippen LogP contribution in [0.3, 0.4) is 0 Å². The third kappa shape index (κ3) is 3.04. The molecule has 0 aliphatic heterocycles. The molecule has 1 rings (SSSR count). The number of hydrogen-bond acceptors (Lipinski definition) is 3. The standard InChI is InChI=1S/C12H17ClN2O2S/c1-4-7-15(9(2)3)18(16,17)12-6-5-10(13)8-11(12)14/h4-6,8-9H,1,7,14H2,2-3H3. The molecule has 18 heavy (non-hydrogen) atoms. The van der Waals surface area contributed by atoms with Crippen LogP contribution >= 0.6 is 11.6 Å². The van der Waals surface area contributed by atoms with Crippen molar-refractivity contribution in [2.45, 2.75) is 24.8 Å². The zero-order valence-electron chi connectivity index (χ0n) is 10.4. The van der Waals surface area contributed by atoms with Gasteiger partial charge in [0, 0.05) is 17.6 Å². The minimum atomic E-state index is -3.63. The van der Waals surface area contributed by atoms with Crippen LogP contribution in [-0.2, 0) is 10.0 Å². The lowest BCUT2D eigenvalue weighted by atomic mass is 10.3. The van der Waals surface area contributed by atoms with Crippen molar-refractivity contribution in [1.29, 1.82) is 0 Å². The third-order valence-electron chi connectivity index (χ3n) is 2.44. The first-order chi connectivity index (χ1) is 8.30. The van der Waals surface area contributed by atoms with Gasteiger partial charge in [-0.25, -0.2) is 8.42 Å². The Kier molecular flexibility index (Phi) is 4.78. The van der Waals surface area contributed by atoms with Crippen molar-refractivity contribution in [3.05, 3.63) is 35.9 Å². The van der Waals surface area contributed by atoms with E-state index in [1.807, 2.05) is 0 Å². The highest BCUT2D eigenvalue weighted by molar-refractivity contribution is 7.89. The molecule has 0 aliphatic rings. The van der Waals surface area contributed by atoms with Gasteiger partial charge in [-0.2, -0.15) is 4.31 Å². The number of nitrogen functional groups attached to an aromatic ring is 1. The summed E-state index contributed by atoms with van der Waals surface area (Å²) in [5.74, 6) is 0. The van der Waals surface area contributed by atoms with Crippen molar-refractivity contribution < 1.29 is 8.42 Å². The predicted octanol–water partition coefficient (Wildman–Crippen LogP) is 2.51. The fraction of sp³-hybridized carbons (Fsp3) is 0.333. The molecule has 4 nitrogen and oxygen atoms in total. The van der Waals surface area contributed by atoms with E-state index in [4.69, 9.17) is 17.3 Å². The van der Waals surface area contributed by atoms with Crippen molar-refractivity contribution in [2.24, 2.45) is 0 Å². The normalized spacial score (nSPS) is 12.1. The summed E-state index contributed by atoms with van der Waals surface area (Å²) in [6.45, 7) is 7.40. The van der Waals surface area contributed by atoms with Gasteiger partial charge >= 0.3 is 0 Å². The van der Waals surface area contributed by atoms with Crippen LogP contribution in [0.25, 0.3) is 0 Å². The molecule has 0 unspecified atom stereocenters. The second kappa shape index (κ2) is 5.73. The average molecular weight is 289 g/mol. The molecule has 0 fully saturated rings. The topological polar surface area (TPSA) is 63.4 Å². The Morgan fingerprint density at radius 2 is 2.11 bits per heavy atom. The maximum absolute atomic E-state index is 12.5. The van der Waals surface area contributed by atoms with Gasteiger partial charge in [0.1, 0.15) is 4.90 Å². The zero-order chi connectivity index (χ0) is 13.9. The molecule has 6 heteroatoms. The quantitative estimate of drug-likeness (QED) is 0.669. The van der Waals surface area contributed by atoms with Gasteiger partial charge in [-0.3, -0.25) is 0 Å². The van der Waals surface area contributed by atoms with E-state index >= 15 is 0 Å². The fourth-order valence-electron chi connectivity index (χ4n) is 1.59. The molecule has 0 spiro atoms. The number of nitrogens with two attached hydrogens (primary N) is 1. The predicted molar refractivity (Wildman–Crippen MR) is 75.1 cm³/mol. The molecule has 1 aromatic rings. The summed E-state index contributed by atoms with van der Waals surface area (Å²) in [5, 5.41) is 0.409.